The Bertz CT molecular complexity index is 1010. The maximum Gasteiger partial charge on any atom is 0.303 e. The summed E-state index contributed by atoms with van der Waals surface area (Å²) in [5.74, 6) is -3.61. The molecule has 3 atom stereocenters. The molecule has 30 heavy (non-hydrogen) atoms. The molecule has 156 valence electrons. The molecule has 0 saturated heterocycles. The van der Waals surface area contributed by atoms with Gasteiger partial charge in [-0.05, 0) is 36.6 Å². The van der Waals surface area contributed by atoms with Crippen LogP contribution in [0, 0.1) is 17.6 Å². The molecule has 0 bridgehead atoms. The van der Waals surface area contributed by atoms with Gasteiger partial charge in [-0.15, -0.1) is 0 Å². The molecule has 1 aliphatic heterocycles. The lowest BCUT2D eigenvalue weighted by atomic mass is 9.68. The normalized spacial score (nSPS) is 21.8. The molecular weight excluding hydrogens is 394 g/mol. The molecule has 1 aliphatic carbocycles. The zero-order chi connectivity index (χ0) is 21.4. The van der Waals surface area contributed by atoms with Gasteiger partial charge >= 0.3 is 5.97 Å². The second-order valence-electron chi connectivity index (χ2n) is 7.64. The van der Waals surface area contributed by atoms with E-state index in [1.165, 1.54) is 0 Å². The van der Waals surface area contributed by atoms with Crippen LogP contribution < -0.4 is 10.2 Å². The van der Waals surface area contributed by atoms with Crippen LogP contribution >= 0.6 is 0 Å². The van der Waals surface area contributed by atoms with Crippen molar-refractivity contribution in [3.05, 3.63) is 65.2 Å². The predicted octanol–water partition coefficient (Wildman–Crippen LogP) is 3.43. The fourth-order valence-corrected chi connectivity index (χ4v) is 4.32. The molecule has 1 fully saturated rings. The summed E-state index contributed by atoms with van der Waals surface area (Å²) in [6.45, 7) is 0. The van der Waals surface area contributed by atoms with E-state index in [1.807, 2.05) is 0 Å². The van der Waals surface area contributed by atoms with Gasteiger partial charge in [-0.25, -0.2) is 8.78 Å². The van der Waals surface area contributed by atoms with Gasteiger partial charge in [0, 0.05) is 35.7 Å². The molecule has 0 aromatic heterocycles. The summed E-state index contributed by atoms with van der Waals surface area (Å²) in [5, 5.41) is 11.7. The minimum Gasteiger partial charge on any atom is -0.481 e. The third-order valence-electron chi connectivity index (χ3n) is 5.79. The summed E-state index contributed by atoms with van der Waals surface area (Å²) in [4.78, 5) is 37.8. The Balaban J connectivity index is 1.66. The number of carboxylic acid groups (broad SMARTS) is 1. The standard InChI is InChI=1S/C22H20F2N2O4/c23-13-9-12(10-14(24)11-13)22(30)26-17-4-2-1-3-15(17)21(16-5-6-18(16)26)25-19(27)7-8-20(28)29/h1-4,9-11,16,18,21H,5-8H2,(H,25,27)(H,28,29). The fourth-order valence-electron chi connectivity index (χ4n) is 4.32. The summed E-state index contributed by atoms with van der Waals surface area (Å²) in [6.07, 6.45) is 1.08. The first-order valence-corrected chi connectivity index (χ1v) is 9.75. The number of para-hydroxylation sites is 1. The van der Waals surface area contributed by atoms with Crippen LogP contribution in [0.3, 0.4) is 0 Å². The Labute approximate surface area is 171 Å². The lowest BCUT2D eigenvalue weighted by molar-refractivity contribution is -0.139. The van der Waals surface area contributed by atoms with Crippen LogP contribution in [0.4, 0.5) is 14.5 Å². The first-order chi connectivity index (χ1) is 14.3. The van der Waals surface area contributed by atoms with Gasteiger partial charge in [-0.1, -0.05) is 18.2 Å². The number of nitrogens with one attached hydrogen (secondary N) is 1. The highest BCUT2D eigenvalue weighted by molar-refractivity contribution is 6.07. The van der Waals surface area contributed by atoms with E-state index < -0.39 is 23.5 Å². The SMILES string of the molecule is O=C(O)CCC(=O)NC1c2ccccc2N(C(=O)c2cc(F)cc(F)c2)C2CCC12. The van der Waals surface area contributed by atoms with E-state index in [2.05, 4.69) is 5.32 Å². The molecule has 3 unspecified atom stereocenters. The number of fused-ring (bicyclic) bond motifs is 2. The zero-order valence-electron chi connectivity index (χ0n) is 16.0. The Hall–Kier alpha value is -3.29. The molecule has 4 rings (SSSR count). The van der Waals surface area contributed by atoms with Gasteiger partial charge in [0.15, 0.2) is 0 Å². The van der Waals surface area contributed by atoms with Crippen LogP contribution in [-0.4, -0.2) is 28.9 Å². The van der Waals surface area contributed by atoms with Gasteiger partial charge in [0.1, 0.15) is 11.6 Å². The highest BCUT2D eigenvalue weighted by atomic mass is 19.1. The van der Waals surface area contributed by atoms with Crippen molar-refractivity contribution in [1.82, 2.24) is 5.32 Å². The molecule has 2 aromatic rings. The number of carboxylic acids is 1. The number of halogens is 2. The number of amides is 2. The second kappa shape index (κ2) is 7.85. The first kappa shape index (κ1) is 20.0. The van der Waals surface area contributed by atoms with Gasteiger partial charge < -0.3 is 15.3 Å². The molecule has 2 amide bonds. The third kappa shape index (κ3) is 3.65. The van der Waals surface area contributed by atoms with E-state index in [4.69, 9.17) is 5.11 Å². The number of carbonyl (C=O) groups excluding carboxylic acids is 2. The Kier molecular flexibility index (Phi) is 5.24. The monoisotopic (exact) mass is 414 g/mol. The lowest BCUT2D eigenvalue weighted by Crippen LogP contribution is -2.58. The van der Waals surface area contributed by atoms with Crippen molar-refractivity contribution in [2.45, 2.75) is 37.8 Å². The van der Waals surface area contributed by atoms with E-state index in [9.17, 15) is 23.2 Å². The van der Waals surface area contributed by atoms with Crippen LogP contribution in [0.1, 0.15) is 47.6 Å². The van der Waals surface area contributed by atoms with Crippen molar-refractivity contribution >= 4 is 23.5 Å². The number of benzene rings is 2. The molecule has 2 aliphatic rings. The number of rotatable bonds is 5. The fraction of sp³-hybridized carbons (Fsp3) is 0.318. The molecule has 8 heteroatoms. The van der Waals surface area contributed by atoms with Crippen LogP contribution in [0.15, 0.2) is 42.5 Å². The Morgan fingerprint density at radius 2 is 1.73 bits per heavy atom. The van der Waals surface area contributed by atoms with Crippen molar-refractivity contribution in [2.24, 2.45) is 5.92 Å². The largest absolute Gasteiger partial charge is 0.481 e. The van der Waals surface area contributed by atoms with Crippen LogP contribution in [0.25, 0.3) is 0 Å². The molecular formula is C22H20F2N2O4. The number of nitrogens with zero attached hydrogens (tertiary/aromatic N) is 1. The summed E-state index contributed by atoms with van der Waals surface area (Å²) in [5.41, 5.74) is 1.24. The number of anilines is 1. The Morgan fingerprint density at radius 1 is 1.03 bits per heavy atom. The lowest BCUT2D eigenvalue weighted by Gasteiger charge is -2.52. The van der Waals surface area contributed by atoms with E-state index in [0.29, 0.717) is 12.1 Å². The van der Waals surface area contributed by atoms with Gasteiger partial charge in [0.2, 0.25) is 5.91 Å². The van der Waals surface area contributed by atoms with E-state index in [0.717, 1.165) is 30.2 Å². The minimum absolute atomic E-state index is 0.0592. The van der Waals surface area contributed by atoms with Crippen LogP contribution in [-0.2, 0) is 9.59 Å². The molecule has 2 aromatic carbocycles. The summed E-state index contributed by atoms with van der Waals surface area (Å²) in [7, 11) is 0. The molecule has 1 heterocycles. The zero-order valence-corrected chi connectivity index (χ0v) is 16.0. The first-order valence-electron chi connectivity index (χ1n) is 9.75. The predicted molar refractivity (Wildman–Crippen MR) is 104 cm³/mol. The average molecular weight is 414 g/mol. The summed E-state index contributed by atoms with van der Waals surface area (Å²) >= 11 is 0. The number of hydrogen-bond acceptors (Lipinski definition) is 3. The van der Waals surface area contributed by atoms with Crippen molar-refractivity contribution in [3.63, 3.8) is 0 Å². The number of hydrogen-bond donors (Lipinski definition) is 2. The van der Waals surface area contributed by atoms with Gasteiger partial charge in [-0.2, -0.15) is 0 Å². The minimum atomic E-state index is -1.05. The average Bonchev–Trinajstić information content (AvgIpc) is 2.67. The van der Waals surface area contributed by atoms with Crippen molar-refractivity contribution in [1.29, 1.82) is 0 Å². The maximum absolute atomic E-state index is 13.7. The van der Waals surface area contributed by atoms with Gasteiger partial charge in [0.05, 0.1) is 12.5 Å². The van der Waals surface area contributed by atoms with Crippen molar-refractivity contribution in [2.75, 3.05) is 4.90 Å². The van der Waals surface area contributed by atoms with Gasteiger partial charge in [-0.3, -0.25) is 14.4 Å². The molecule has 0 radical (unpaired) electrons. The smallest absolute Gasteiger partial charge is 0.303 e. The third-order valence-corrected chi connectivity index (χ3v) is 5.79. The molecule has 0 spiro atoms. The van der Waals surface area contributed by atoms with Crippen molar-refractivity contribution < 1.29 is 28.3 Å². The van der Waals surface area contributed by atoms with Crippen molar-refractivity contribution in [3.8, 4) is 0 Å². The van der Waals surface area contributed by atoms with E-state index >= 15 is 0 Å². The maximum atomic E-state index is 13.7. The number of aliphatic carboxylic acids is 1. The second-order valence-corrected chi connectivity index (χ2v) is 7.64. The molecule has 6 nitrogen and oxygen atoms in total. The highest BCUT2D eigenvalue weighted by Gasteiger charge is 2.49. The summed E-state index contributed by atoms with van der Waals surface area (Å²) < 4.78 is 27.3. The molecule has 1 saturated carbocycles. The quantitative estimate of drug-likeness (QED) is 0.785. The molecule has 2 N–H and O–H groups in total. The summed E-state index contributed by atoms with van der Waals surface area (Å²) in [6, 6.07) is 9.27. The van der Waals surface area contributed by atoms with Crippen LogP contribution in [0.5, 0.6) is 0 Å². The van der Waals surface area contributed by atoms with E-state index in [-0.39, 0.29) is 42.3 Å². The van der Waals surface area contributed by atoms with E-state index in [1.54, 1.807) is 29.2 Å². The highest BCUT2D eigenvalue weighted by Crippen LogP contribution is 2.50. The Morgan fingerprint density at radius 3 is 2.37 bits per heavy atom. The number of carbonyl (C=O) groups is 3. The topological polar surface area (TPSA) is 86.7 Å². The van der Waals surface area contributed by atoms with Gasteiger partial charge in [0.25, 0.3) is 5.91 Å². The van der Waals surface area contributed by atoms with Crippen LogP contribution in [0.2, 0.25) is 0 Å².